The number of hydrogen-bond acceptors (Lipinski definition) is 4. The van der Waals surface area contributed by atoms with Crippen molar-refractivity contribution in [2.24, 2.45) is 0 Å². The topological polar surface area (TPSA) is 55.9 Å². The van der Waals surface area contributed by atoms with Crippen LogP contribution in [-0.2, 0) is 6.42 Å². The highest BCUT2D eigenvalue weighted by molar-refractivity contribution is 5.34. The van der Waals surface area contributed by atoms with Crippen molar-refractivity contribution < 1.29 is 4.42 Å². The van der Waals surface area contributed by atoms with E-state index in [-0.39, 0.29) is 6.04 Å². The minimum atomic E-state index is 0.203. The highest BCUT2D eigenvalue weighted by Crippen LogP contribution is 2.29. The average Bonchev–Trinajstić information content (AvgIpc) is 2.95. The molecule has 21 heavy (non-hydrogen) atoms. The minimum Gasteiger partial charge on any atom is -0.466 e. The summed E-state index contributed by atoms with van der Waals surface area (Å²) in [5, 5.41) is 7.88. The van der Waals surface area contributed by atoms with Crippen molar-refractivity contribution in [3.05, 3.63) is 34.8 Å². The van der Waals surface area contributed by atoms with Gasteiger partial charge in [-0.2, -0.15) is 5.10 Å². The Hall–Kier alpha value is -1.62. The molecule has 1 N–H and O–H groups in total. The first-order valence-electron chi connectivity index (χ1n) is 7.63. The SMILES string of the molecule is CCNC(Cc1ncnn1C(C)C)c1c(C)oc(C)c1C. The molecule has 116 valence electrons. The number of furan rings is 1. The lowest BCUT2D eigenvalue weighted by Crippen LogP contribution is -2.25. The fourth-order valence-corrected chi connectivity index (χ4v) is 2.88. The predicted octanol–water partition coefficient (Wildman–Crippen LogP) is 3.27. The third-order valence-corrected chi connectivity index (χ3v) is 3.94. The Balaban J connectivity index is 2.33. The summed E-state index contributed by atoms with van der Waals surface area (Å²) in [5.41, 5.74) is 2.49. The van der Waals surface area contributed by atoms with Crippen molar-refractivity contribution in [2.45, 2.75) is 60.0 Å². The lowest BCUT2D eigenvalue weighted by atomic mass is 9.99. The molecule has 0 aliphatic rings. The van der Waals surface area contributed by atoms with Crippen LogP contribution in [0.5, 0.6) is 0 Å². The molecular weight excluding hydrogens is 264 g/mol. The molecule has 0 spiro atoms. The van der Waals surface area contributed by atoms with Crippen molar-refractivity contribution >= 4 is 0 Å². The van der Waals surface area contributed by atoms with Gasteiger partial charge in [0.15, 0.2) is 0 Å². The summed E-state index contributed by atoms with van der Waals surface area (Å²) in [5.74, 6) is 3.00. The van der Waals surface area contributed by atoms with Crippen LogP contribution in [0.1, 0.15) is 61.3 Å². The zero-order valence-corrected chi connectivity index (χ0v) is 13.9. The number of rotatable bonds is 6. The van der Waals surface area contributed by atoms with E-state index >= 15 is 0 Å². The first-order chi connectivity index (χ1) is 9.95. The molecule has 2 rings (SSSR count). The number of hydrogen-bond donors (Lipinski definition) is 1. The molecule has 0 aromatic carbocycles. The van der Waals surface area contributed by atoms with Crippen molar-refractivity contribution in [3.8, 4) is 0 Å². The van der Waals surface area contributed by atoms with Crippen LogP contribution in [0.2, 0.25) is 0 Å². The Kier molecular flexibility index (Phi) is 4.83. The quantitative estimate of drug-likeness (QED) is 0.887. The molecule has 1 atom stereocenters. The molecule has 0 aliphatic carbocycles. The largest absolute Gasteiger partial charge is 0.466 e. The van der Waals surface area contributed by atoms with Gasteiger partial charge in [0, 0.05) is 24.1 Å². The summed E-state index contributed by atoms with van der Waals surface area (Å²) < 4.78 is 7.77. The van der Waals surface area contributed by atoms with E-state index in [4.69, 9.17) is 4.42 Å². The lowest BCUT2D eigenvalue weighted by Gasteiger charge is -2.19. The molecule has 0 fully saturated rings. The van der Waals surface area contributed by atoms with Gasteiger partial charge in [-0.1, -0.05) is 6.92 Å². The van der Waals surface area contributed by atoms with E-state index in [1.807, 2.05) is 18.5 Å². The molecule has 5 heteroatoms. The molecule has 2 heterocycles. The van der Waals surface area contributed by atoms with Crippen LogP contribution in [0.15, 0.2) is 10.7 Å². The monoisotopic (exact) mass is 290 g/mol. The van der Waals surface area contributed by atoms with Crippen LogP contribution < -0.4 is 5.32 Å². The Bertz CT molecular complexity index is 597. The van der Waals surface area contributed by atoms with Crippen LogP contribution in [0.3, 0.4) is 0 Å². The maximum atomic E-state index is 5.79. The van der Waals surface area contributed by atoms with Crippen LogP contribution in [0, 0.1) is 20.8 Å². The molecule has 1 unspecified atom stereocenters. The fraction of sp³-hybridized carbons (Fsp3) is 0.625. The van der Waals surface area contributed by atoms with E-state index in [9.17, 15) is 0 Å². The molecule has 2 aromatic heterocycles. The number of aryl methyl sites for hydroxylation is 2. The summed E-state index contributed by atoms with van der Waals surface area (Å²) >= 11 is 0. The number of nitrogens with one attached hydrogen (secondary N) is 1. The van der Waals surface area contributed by atoms with Gasteiger partial charge < -0.3 is 9.73 Å². The highest BCUT2D eigenvalue weighted by Gasteiger charge is 2.23. The molecule has 0 amide bonds. The molecule has 0 saturated carbocycles. The first-order valence-corrected chi connectivity index (χ1v) is 7.63. The van der Waals surface area contributed by atoms with Crippen molar-refractivity contribution in [1.82, 2.24) is 20.1 Å². The standard InChI is InChI=1S/C16H26N4O/c1-7-17-14(16-11(4)12(5)21-13(16)6)8-15-18-9-19-20(15)10(2)3/h9-10,14,17H,7-8H2,1-6H3. The Morgan fingerprint density at radius 3 is 2.48 bits per heavy atom. The van der Waals surface area contributed by atoms with Crippen molar-refractivity contribution in [2.75, 3.05) is 6.54 Å². The summed E-state index contributed by atoms with van der Waals surface area (Å²) in [6, 6.07) is 0.521. The number of likely N-dealkylation sites (N-methyl/N-ethyl adjacent to an activating group) is 1. The summed E-state index contributed by atoms with van der Waals surface area (Å²) in [6.07, 6.45) is 2.45. The van der Waals surface area contributed by atoms with Crippen molar-refractivity contribution in [1.29, 1.82) is 0 Å². The highest BCUT2D eigenvalue weighted by atomic mass is 16.3. The van der Waals surface area contributed by atoms with Crippen LogP contribution in [0.4, 0.5) is 0 Å². The van der Waals surface area contributed by atoms with Gasteiger partial charge in [-0.15, -0.1) is 0 Å². The fourth-order valence-electron chi connectivity index (χ4n) is 2.88. The van der Waals surface area contributed by atoms with E-state index in [0.717, 1.165) is 30.3 Å². The normalized spacial score (nSPS) is 13.1. The molecule has 0 aliphatic heterocycles. The van der Waals surface area contributed by atoms with Crippen LogP contribution >= 0.6 is 0 Å². The molecule has 0 bridgehead atoms. The minimum absolute atomic E-state index is 0.203. The Morgan fingerprint density at radius 1 is 1.24 bits per heavy atom. The van der Waals surface area contributed by atoms with Crippen LogP contribution in [0.25, 0.3) is 0 Å². The summed E-state index contributed by atoms with van der Waals surface area (Å²) in [4.78, 5) is 4.43. The second-order valence-electron chi connectivity index (χ2n) is 5.78. The lowest BCUT2D eigenvalue weighted by molar-refractivity contribution is 0.457. The van der Waals surface area contributed by atoms with Gasteiger partial charge >= 0.3 is 0 Å². The first kappa shape index (κ1) is 15.8. The van der Waals surface area contributed by atoms with Crippen LogP contribution in [-0.4, -0.2) is 21.3 Å². The third kappa shape index (κ3) is 3.18. The van der Waals surface area contributed by atoms with E-state index in [1.165, 1.54) is 11.1 Å². The van der Waals surface area contributed by atoms with Gasteiger partial charge in [0.1, 0.15) is 23.7 Å². The summed E-state index contributed by atoms with van der Waals surface area (Å²) in [7, 11) is 0. The van der Waals surface area contributed by atoms with Gasteiger partial charge in [0.25, 0.3) is 0 Å². The van der Waals surface area contributed by atoms with E-state index < -0.39 is 0 Å². The zero-order chi connectivity index (χ0) is 15.6. The molecular formula is C16H26N4O. The second-order valence-corrected chi connectivity index (χ2v) is 5.78. The van der Waals surface area contributed by atoms with Gasteiger partial charge in [0.2, 0.25) is 0 Å². The van der Waals surface area contributed by atoms with Gasteiger partial charge in [0.05, 0.1) is 0 Å². The molecule has 0 radical (unpaired) electrons. The van der Waals surface area contributed by atoms with E-state index in [1.54, 1.807) is 6.33 Å². The van der Waals surface area contributed by atoms with Gasteiger partial charge in [-0.05, 0) is 46.7 Å². The average molecular weight is 290 g/mol. The van der Waals surface area contributed by atoms with Gasteiger partial charge in [-0.25, -0.2) is 9.67 Å². The molecule has 5 nitrogen and oxygen atoms in total. The molecule has 0 saturated heterocycles. The zero-order valence-electron chi connectivity index (χ0n) is 13.9. The van der Waals surface area contributed by atoms with E-state index in [2.05, 4.69) is 43.1 Å². The summed E-state index contributed by atoms with van der Waals surface area (Å²) in [6.45, 7) is 13.5. The maximum Gasteiger partial charge on any atom is 0.138 e. The number of nitrogens with zero attached hydrogens (tertiary/aromatic N) is 3. The van der Waals surface area contributed by atoms with Gasteiger partial charge in [-0.3, -0.25) is 0 Å². The Labute approximate surface area is 126 Å². The maximum absolute atomic E-state index is 5.79. The second kappa shape index (κ2) is 6.43. The van der Waals surface area contributed by atoms with Crippen molar-refractivity contribution in [3.63, 3.8) is 0 Å². The Morgan fingerprint density at radius 2 is 1.95 bits per heavy atom. The number of aromatic nitrogens is 3. The van der Waals surface area contributed by atoms with E-state index in [0.29, 0.717) is 6.04 Å². The smallest absolute Gasteiger partial charge is 0.138 e. The molecule has 2 aromatic rings. The third-order valence-electron chi connectivity index (χ3n) is 3.94. The predicted molar refractivity (Wildman–Crippen MR) is 83.4 cm³/mol.